The van der Waals surface area contributed by atoms with Gasteiger partial charge in [0, 0.05) is 38.6 Å². The van der Waals surface area contributed by atoms with Gasteiger partial charge in [-0.3, -0.25) is 4.79 Å². The summed E-state index contributed by atoms with van der Waals surface area (Å²) in [5.74, 6) is -0.0500. The number of rotatable bonds is 8. The van der Waals surface area contributed by atoms with E-state index in [9.17, 15) is 4.79 Å². The smallest absolute Gasteiger partial charge is 0.255 e. The van der Waals surface area contributed by atoms with E-state index in [4.69, 9.17) is 10.5 Å². The zero-order chi connectivity index (χ0) is 15.8. The quantitative estimate of drug-likeness (QED) is 0.552. The molecule has 0 aliphatic rings. The molecule has 0 aromatic heterocycles. The van der Waals surface area contributed by atoms with Gasteiger partial charge in [0.2, 0.25) is 0 Å². The number of likely N-dealkylation sites (N-methyl/N-ethyl adjacent to an activating group) is 1. The molecule has 1 aromatic rings. The maximum atomic E-state index is 12.1. The molecule has 0 heterocycles. The average Bonchev–Trinajstić information content (AvgIpc) is 2.41. The molecular formula is C15H26N4O2. The highest BCUT2D eigenvalue weighted by Crippen LogP contribution is 2.20. The third-order valence-electron chi connectivity index (χ3n) is 2.92. The second kappa shape index (κ2) is 8.49. The summed E-state index contributed by atoms with van der Waals surface area (Å²) in [7, 11) is 7.47. The van der Waals surface area contributed by atoms with Gasteiger partial charge in [0.25, 0.3) is 5.91 Å². The molecule has 3 N–H and O–H groups in total. The third kappa shape index (κ3) is 6.01. The molecule has 0 bridgehead atoms. The van der Waals surface area contributed by atoms with Crippen molar-refractivity contribution in [3.63, 3.8) is 0 Å². The van der Waals surface area contributed by atoms with Crippen molar-refractivity contribution < 1.29 is 9.53 Å². The van der Waals surface area contributed by atoms with Crippen LogP contribution in [0.5, 0.6) is 0 Å². The molecule has 0 unspecified atom stereocenters. The summed E-state index contributed by atoms with van der Waals surface area (Å²) in [6, 6.07) is 5.25. The van der Waals surface area contributed by atoms with Gasteiger partial charge in [-0.25, -0.2) is 0 Å². The van der Waals surface area contributed by atoms with Gasteiger partial charge < -0.3 is 25.6 Å². The van der Waals surface area contributed by atoms with Crippen molar-refractivity contribution in [2.24, 2.45) is 0 Å². The van der Waals surface area contributed by atoms with Crippen LogP contribution in [0.3, 0.4) is 0 Å². The van der Waals surface area contributed by atoms with Gasteiger partial charge in [0.15, 0.2) is 0 Å². The van der Waals surface area contributed by atoms with Crippen LogP contribution in [0, 0.1) is 0 Å². The predicted octanol–water partition coefficient (Wildman–Crippen LogP) is 0.961. The molecule has 6 nitrogen and oxygen atoms in total. The maximum Gasteiger partial charge on any atom is 0.255 e. The highest BCUT2D eigenvalue weighted by molar-refractivity contribution is 5.99. The van der Waals surface area contributed by atoms with Crippen LogP contribution in [0.2, 0.25) is 0 Å². The molecule has 0 spiro atoms. The fraction of sp³-hybridized carbons (Fsp3) is 0.533. The Morgan fingerprint density at radius 1 is 1.24 bits per heavy atom. The van der Waals surface area contributed by atoms with Crippen molar-refractivity contribution in [1.29, 1.82) is 0 Å². The third-order valence-corrected chi connectivity index (χ3v) is 2.92. The highest BCUT2D eigenvalue weighted by Gasteiger charge is 2.13. The molecule has 0 fully saturated rings. The number of anilines is 2. The number of benzene rings is 1. The van der Waals surface area contributed by atoms with E-state index in [1.165, 1.54) is 0 Å². The maximum absolute atomic E-state index is 12.1. The fourth-order valence-corrected chi connectivity index (χ4v) is 1.74. The first-order valence-corrected chi connectivity index (χ1v) is 6.99. The molecule has 6 heteroatoms. The van der Waals surface area contributed by atoms with Gasteiger partial charge in [-0.05, 0) is 32.3 Å². The van der Waals surface area contributed by atoms with Crippen LogP contribution in [-0.2, 0) is 4.74 Å². The molecule has 21 heavy (non-hydrogen) atoms. The number of nitrogens with one attached hydrogen (secondary N) is 1. The zero-order valence-corrected chi connectivity index (χ0v) is 13.3. The molecule has 0 saturated carbocycles. The lowest BCUT2D eigenvalue weighted by Crippen LogP contribution is -2.24. The number of carbonyl (C=O) groups is 1. The first kappa shape index (κ1) is 17.3. The molecule has 0 saturated heterocycles. The number of nitrogens with zero attached hydrogens (tertiary/aromatic N) is 2. The van der Waals surface area contributed by atoms with Crippen LogP contribution >= 0.6 is 0 Å². The Morgan fingerprint density at radius 2 is 1.95 bits per heavy atom. The van der Waals surface area contributed by atoms with Crippen molar-refractivity contribution in [2.45, 2.75) is 0 Å². The van der Waals surface area contributed by atoms with Crippen molar-refractivity contribution in [2.75, 3.05) is 65.5 Å². The van der Waals surface area contributed by atoms with Crippen molar-refractivity contribution in [3.05, 3.63) is 23.8 Å². The van der Waals surface area contributed by atoms with Crippen molar-refractivity contribution >= 4 is 17.3 Å². The van der Waals surface area contributed by atoms with Crippen LogP contribution in [-0.4, -0.2) is 70.2 Å². The number of amides is 1. The van der Waals surface area contributed by atoms with E-state index >= 15 is 0 Å². The van der Waals surface area contributed by atoms with E-state index in [0.29, 0.717) is 31.0 Å². The van der Waals surface area contributed by atoms with E-state index in [1.807, 2.05) is 14.1 Å². The lowest BCUT2D eigenvalue weighted by molar-refractivity contribution is 0.0828. The number of ether oxygens (including phenoxy) is 1. The molecule has 0 radical (unpaired) electrons. The number of nitrogen functional groups attached to an aromatic ring is 1. The Balaban J connectivity index is 2.53. The minimum Gasteiger partial charge on any atom is -0.399 e. The van der Waals surface area contributed by atoms with Gasteiger partial charge in [-0.15, -0.1) is 0 Å². The topological polar surface area (TPSA) is 70.8 Å². The summed E-state index contributed by atoms with van der Waals surface area (Å²) in [4.78, 5) is 15.7. The lowest BCUT2D eigenvalue weighted by atomic mass is 10.1. The second-order valence-corrected chi connectivity index (χ2v) is 5.35. The number of nitrogens with two attached hydrogens (primary N) is 1. The van der Waals surface area contributed by atoms with E-state index < -0.39 is 0 Å². The predicted molar refractivity (Wildman–Crippen MR) is 86.7 cm³/mol. The fourth-order valence-electron chi connectivity index (χ4n) is 1.74. The SMILES string of the molecule is CN(C)CCOCCNc1cc(N)ccc1C(=O)N(C)C. The van der Waals surface area contributed by atoms with Crippen LogP contribution in [0.15, 0.2) is 18.2 Å². The molecule has 1 aromatic carbocycles. The standard InChI is InChI=1S/C15H26N4O2/c1-18(2)8-10-21-9-7-17-14-11-12(16)5-6-13(14)15(20)19(3)4/h5-6,11,17H,7-10,16H2,1-4H3. The van der Waals surface area contributed by atoms with Crippen LogP contribution in [0.25, 0.3) is 0 Å². The molecule has 118 valence electrons. The Kier molecular flexibility index (Phi) is 6.98. The summed E-state index contributed by atoms with van der Waals surface area (Å²) >= 11 is 0. The lowest BCUT2D eigenvalue weighted by Gasteiger charge is -2.16. The average molecular weight is 294 g/mol. The van der Waals surface area contributed by atoms with Gasteiger partial charge in [-0.1, -0.05) is 0 Å². The summed E-state index contributed by atoms with van der Waals surface area (Å²) in [6.07, 6.45) is 0. The van der Waals surface area contributed by atoms with Crippen molar-refractivity contribution in [3.8, 4) is 0 Å². The zero-order valence-electron chi connectivity index (χ0n) is 13.3. The Morgan fingerprint density at radius 3 is 2.57 bits per heavy atom. The minimum absolute atomic E-state index is 0.0500. The molecule has 0 aliphatic heterocycles. The largest absolute Gasteiger partial charge is 0.399 e. The Hall–Kier alpha value is -1.79. The molecule has 1 rings (SSSR count). The summed E-state index contributed by atoms with van der Waals surface area (Å²) in [5, 5.41) is 3.21. The van der Waals surface area contributed by atoms with Crippen LogP contribution < -0.4 is 11.1 Å². The highest BCUT2D eigenvalue weighted by atomic mass is 16.5. The van der Waals surface area contributed by atoms with E-state index in [2.05, 4.69) is 10.2 Å². The van der Waals surface area contributed by atoms with E-state index in [1.54, 1.807) is 37.2 Å². The molecule has 1 amide bonds. The summed E-state index contributed by atoms with van der Waals surface area (Å²) in [6.45, 7) is 2.79. The van der Waals surface area contributed by atoms with Gasteiger partial charge >= 0.3 is 0 Å². The summed E-state index contributed by atoms with van der Waals surface area (Å²) in [5.41, 5.74) is 7.77. The van der Waals surface area contributed by atoms with Crippen LogP contribution in [0.4, 0.5) is 11.4 Å². The normalized spacial score (nSPS) is 10.7. The summed E-state index contributed by atoms with van der Waals surface area (Å²) < 4.78 is 5.51. The van der Waals surface area contributed by atoms with Gasteiger partial charge in [0.1, 0.15) is 0 Å². The molecular weight excluding hydrogens is 268 g/mol. The van der Waals surface area contributed by atoms with Crippen molar-refractivity contribution in [1.82, 2.24) is 9.80 Å². The Bertz CT molecular complexity index is 461. The first-order chi connectivity index (χ1) is 9.91. The number of hydrogen-bond donors (Lipinski definition) is 2. The monoisotopic (exact) mass is 294 g/mol. The van der Waals surface area contributed by atoms with E-state index in [0.717, 1.165) is 12.2 Å². The molecule has 0 atom stereocenters. The first-order valence-electron chi connectivity index (χ1n) is 6.99. The second-order valence-electron chi connectivity index (χ2n) is 5.35. The minimum atomic E-state index is -0.0500. The number of carbonyl (C=O) groups excluding carboxylic acids is 1. The number of hydrogen-bond acceptors (Lipinski definition) is 5. The van der Waals surface area contributed by atoms with Gasteiger partial charge in [-0.2, -0.15) is 0 Å². The molecule has 0 aliphatic carbocycles. The van der Waals surface area contributed by atoms with Crippen LogP contribution in [0.1, 0.15) is 10.4 Å². The Labute approximate surface area is 126 Å². The van der Waals surface area contributed by atoms with E-state index in [-0.39, 0.29) is 5.91 Å². The van der Waals surface area contributed by atoms with Gasteiger partial charge in [0.05, 0.1) is 18.8 Å².